The molecule has 1 heterocycles. The molecule has 2 N–H and O–H groups in total. The van der Waals surface area contributed by atoms with E-state index in [1.54, 1.807) is 6.07 Å². The third-order valence-corrected chi connectivity index (χ3v) is 2.97. The molecule has 0 bridgehead atoms. The second kappa shape index (κ2) is 6.71. The molecule has 0 saturated carbocycles. The number of nitrogens with two attached hydrogens (primary N) is 1. The van der Waals surface area contributed by atoms with E-state index in [1.807, 2.05) is 0 Å². The van der Waals surface area contributed by atoms with E-state index in [4.69, 9.17) is 10.3 Å². The maximum absolute atomic E-state index is 12.6. The van der Waals surface area contributed by atoms with Crippen molar-refractivity contribution in [3.8, 4) is 0 Å². The Morgan fingerprint density at radius 3 is 2.71 bits per heavy atom. The van der Waals surface area contributed by atoms with Crippen LogP contribution in [0.1, 0.15) is 35.7 Å². The highest BCUT2D eigenvalue weighted by Gasteiger charge is 2.30. The van der Waals surface area contributed by atoms with Gasteiger partial charge in [0.15, 0.2) is 5.82 Å². The molecule has 0 atom stereocenters. The van der Waals surface area contributed by atoms with Gasteiger partial charge in [0.25, 0.3) is 0 Å². The topological polar surface area (TPSA) is 64.9 Å². The first kappa shape index (κ1) is 15.5. The molecule has 0 fully saturated rings. The van der Waals surface area contributed by atoms with Gasteiger partial charge in [-0.2, -0.15) is 18.2 Å². The van der Waals surface area contributed by atoms with Crippen molar-refractivity contribution in [3.05, 3.63) is 47.1 Å². The highest BCUT2D eigenvalue weighted by Crippen LogP contribution is 2.29. The van der Waals surface area contributed by atoms with Crippen LogP contribution in [0.4, 0.5) is 13.2 Å². The van der Waals surface area contributed by atoms with Crippen molar-refractivity contribution < 1.29 is 17.7 Å². The molecule has 7 heteroatoms. The zero-order valence-corrected chi connectivity index (χ0v) is 11.4. The lowest BCUT2D eigenvalue weighted by Crippen LogP contribution is -2.05. The molecule has 0 amide bonds. The third-order valence-electron chi connectivity index (χ3n) is 2.97. The quantitative estimate of drug-likeness (QED) is 0.833. The summed E-state index contributed by atoms with van der Waals surface area (Å²) in [5.41, 5.74) is 5.22. The number of halogens is 3. The van der Waals surface area contributed by atoms with Gasteiger partial charge in [-0.1, -0.05) is 23.4 Å². The zero-order valence-electron chi connectivity index (χ0n) is 11.4. The Morgan fingerprint density at radius 1 is 1.19 bits per heavy atom. The highest BCUT2D eigenvalue weighted by molar-refractivity contribution is 5.27. The summed E-state index contributed by atoms with van der Waals surface area (Å²) in [4.78, 5) is 4.17. The minimum Gasteiger partial charge on any atom is -0.339 e. The fourth-order valence-corrected chi connectivity index (χ4v) is 1.92. The highest BCUT2D eigenvalue weighted by atomic mass is 19.4. The normalized spacial score (nSPS) is 11.8. The SMILES string of the molecule is NCCCCc1nc(Cc2cccc(C(F)(F)F)c2)no1. The number of aryl methyl sites for hydroxylation is 1. The summed E-state index contributed by atoms with van der Waals surface area (Å²) in [6.07, 6.45) is -1.79. The lowest BCUT2D eigenvalue weighted by atomic mass is 10.1. The maximum atomic E-state index is 12.6. The molecular weight excluding hydrogens is 283 g/mol. The fraction of sp³-hybridized carbons (Fsp3) is 0.429. The van der Waals surface area contributed by atoms with Gasteiger partial charge in [-0.05, 0) is 31.0 Å². The van der Waals surface area contributed by atoms with Gasteiger partial charge < -0.3 is 10.3 Å². The standard InChI is InChI=1S/C14H16F3N3O/c15-14(16,17)11-5-3-4-10(8-11)9-12-19-13(21-20-12)6-1-2-7-18/h3-5,8H,1-2,6-7,9,18H2. The number of rotatable bonds is 6. The summed E-state index contributed by atoms with van der Waals surface area (Å²) in [6.45, 7) is 0.602. The molecule has 0 unspecified atom stereocenters. The van der Waals surface area contributed by atoms with Gasteiger partial charge in [-0.25, -0.2) is 0 Å². The predicted molar refractivity (Wildman–Crippen MR) is 70.5 cm³/mol. The van der Waals surface area contributed by atoms with Crippen molar-refractivity contribution in [3.63, 3.8) is 0 Å². The van der Waals surface area contributed by atoms with Crippen LogP contribution in [0.3, 0.4) is 0 Å². The second-order valence-electron chi connectivity index (χ2n) is 4.73. The molecule has 0 aliphatic carbocycles. The number of aromatic nitrogens is 2. The second-order valence-corrected chi connectivity index (χ2v) is 4.73. The first-order valence-corrected chi connectivity index (χ1v) is 6.66. The predicted octanol–water partition coefficient (Wildman–Crippen LogP) is 2.96. The molecule has 114 valence electrons. The number of hydrogen-bond donors (Lipinski definition) is 1. The molecule has 0 radical (unpaired) electrons. The van der Waals surface area contributed by atoms with Crippen LogP contribution in [-0.4, -0.2) is 16.7 Å². The minimum absolute atomic E-state index is 0.213. The van der Waals surface area contributed by atoms with Crippen LogP contribution < -0.4 is 5.73 Å². The number of hydrogen-bond acceptors (Lipinski definition) is 4. The van der Waals surface area contributed by atoms with Crippen molar-refractivity contribution in [1.82, 2.24) is 10.1 Å². The molecule has 0 spiro atoms. The first-order chi connectivity index (χ1) is 9.99. The minimum atomic E-state index is -4.35. The van der Waals surface area contributed by atoms with Gasteiger partial charge >= 0.3 is 6.18 Å². The largest absolute Gasteiger partial charge is 0.416 e. The Morgan fingerprint density at radius 2 is 2.00 bits per heavy atom. The van der Waals surface area contributed by atoms with E-state index in [-0.39, 0.29) is 6.42 Å². The fourth-order valence-electron chi connectivity index (χ4n) is 1.92. The van der Waals surface area contributed by atoms with Crippen LogP contribution >= 0.6 is 0 Å². The molecule has 1 aromatic carbocycles. The van der Waals surface area contributed by atoms with Crippen LogP contribution in [0.2, 0.25) is 0 Å². The summed E-state index contributed by atoms with van der Waals surface area (Å²) < 4.78 is 42.9. The van der Waals surface area contributed by atoms with Crippen molar-refractivity contribution >= 4 is 0 Å². The Labute approximate surface area is 120 Å². The maximum Gasteiger partial charge on any atom is 0.416 e. The summed E-state index contributed by atoms with van der Waals surface area (Å²) in [5, 5.41) is 3.78. The number of benzene rings is 1. The Balaban J connectivity index is 2.02. The van der Waals surface area contributed by atoms with Gasteiger partial charge in [0.2, 0.25) is 5.89 Å². The van der Waals surface area contributed by atoms with E-state index in [0.29, 0.717) is 30.2 Å². The van der Waals surface area contributed by atoms with E-state index in [0.717, 1.165) is 25.0 Å². The van der Waals surface area contributed by atoms with E-state index in [1.165, 1.54) is 6.07 Å². The molecule has 0 aliphatic rings. The summed E-state index contributed by atoms with van der Waals surface area (Å²) in [7, 11) is 0. The zero-order chi connectivity index (χ0) is 15.3. The van der Waals surface area contributed by atoms with Crippen molar-refractivity contribution in [2.24, 2.45) is 5.73 Å². The summed E-state index contributed by atoms with van der Waals surface area (Å²) >= 11 is 0. The first-order valence-electron chi connectivity index (χ1n) is 6.66. The molecular formula is C14H16F3N3O. The Kier molecular flexibility index (Phi) is 4.95. The number of alkyl halides is 3. The molecule has 4 nitrogen and oxygen atoms in total. The molecule has 2 aromatic rings. The molecule has 2 rings (SSSR count). The average molecular weight is 299 g/mol. The van der Waals surface area contributed by atoms with Crippen molar-refractivity contribution in [1.29, 1.82) is 0 Å². The van der Waals surface area contributed by atoms with Crippen molar-refractivity contribution in [2.45, 2.75) is 31.9 Å². The lowest BCUT2D eigenvalue weighted by molar-refractivity contribution is -0.137. The average Bonchev–Trinajstić information content (AvgIpc) is 2.86. The van der Waals surface area contributed by atoms with Crippen LogP contribution in [-0.2, 0) is 19.0 Å². The van der Waals surface area contributed by atoms with Crippen LogP contribution in [0, 0.1) is 0 Å². The van der Waals surface area contributed by atoms with Crippen LogP contribution in [0.5, 0.6) is 0 Å². The van der Waals surface area contributed by atoms with E-state index >= 15 is 0 Å². The van der Waals surface area contributed by atoms with Crippen molar-refractivity contribution in [2.75, 3.05) is 6.54 Å². The molecule has 0 aliphatic heterocycles. The van der Waals surface area contributed by atoms with E-state index in [9.17, 15) is 13.2 Å². The lowest BCUT2D eigenvalue weighted by Gasteiger charge is -2.07. The van der Waals surface area contributed by atoms with E-state index in [2.05, 4.69) is 10.1 Å². The van der Waals surface area contributed by atoms with Gasteiger partial charge in [-0.3, -0.25) is 0 Å². The molecule has 1 aromatic heterocycles. The Bertz CT molecular complexity index is 581. The van der Waals surface area contributed by atoms with Gasteiger partial charge in [-0.15, -0.1) is 0 Å². The number of unbranched alkanes of at least 4 members (excludes halogenated alkanes) is 1. The van der Waals surface area contributed by atoms with Gasteiger partial charge in [0.05, 0.1) is 5.56 Å². The van der Waals surface area contributed by atoms with Crippen LogP contribution in [0.25, 0.3) is 0 Å². The molecule has 21 heavy (non-hydrogen) atoms. The summed E-state index contributed by atoms with van der Waals surface area (Å²) in [5.74, 6) is 0.877. The number of nitrogens with zero attached hydrogens (tertiary/aromatic N) is 2. The smallest absolute Gasteiger partial charge is 0.339 e. The van der Waals surface area contributed by atoms with Gasteiger partial charge in [0, 0.05) is 12.8 Å². The van der Waals surface area contributed by atoms with Gasteiger partial charge in [0.1, 0.15) is 0 Å². The van der Waals surface area contributed by atoms with Crippen LogP contribution in [0.15, 0.2) is 28.8 Å². The third kappa shape index (κ3) is 4.56. The molecule has 0 saturated heterocycles. The van der Waals surface area contributed by atoms with E-state index < -0.39 is 11.7 Å². The monoisotopic (exact) mass is 299 g/mol. The summed E-state index contributed by atoms with van der Waals surface area (Å²) in [6, 6.07) is 5.13. The Hall–Kier alpha value is -1.89.